The van der Waals surface area contributed by atoms with Crippen molar-refractivity contribution in [3.8, 4) is 5.75 Å². The van der Waals surface area contributed by atoms with Crippen molar-refractivity contribution in [2.75, 3.05) is 50.9 Å². The van der Waals surface area contributed by atoms with Crippen LogP contribution in [0, 0.1) is 23.2 Å². The van der Waals surface area contributed by atoms with Crippen LogP contribution in [-0.2, 0) is 22.0 Å². The number of amides is 1. The molecule has 0 radical (unpaired) electrons. The summed E-state index contributed by atoms with van der Waals surface area (Å²) in [6, 6.07) is 6.34. The molecule has 1 aromatic carbocycles. The molecule has 2 aliphatic heterocycles. The minimum Gasteiger partial charge on any atom is -0.410 e. The molecule has 12 heteroatoms. The quantitative estimate of drug-likeness (QED) is 0.205. The molecule has 1 aromatic rings. The van der Waals surface area contributed by atoms with Gasteiger partial charge in [0.15, 0.2) is 0 Å². The molecule has 0 bridgehead atoms. The Balaban J connectivity index is 1.15. The van der Waals surface area contributed by atoms with Gasteiger partial charge in [0.25, 0.3) is 0 Å². The van der Waals surface area contributed by atoms with E-state index in [2.05, 4.69) is 30.9 Å². The summed E-state index contributed by atoms with van der Waals surface area (Å²) in [5, 5.41) is 0. The van der Waals surface area contributed by atoms with Crippen molar-refractivity contribution in [1.29, 1.82) is 0 Å². The van der Waals surface area contributed by atoms with Gasteiger partial charge in [-0.15, -0.1) is 0 Å². The number of carbonyl (C=O) groups is 1. The van der Waals surface area contributed by atoms with Gasteiger partial charge in [-0.25, -0.2) is 4.79 Å². The summed E-state index contributed by atoms with van der Waals surface area (Å²) in [6.45, 7) is 9.03. The van der Waals surface area contributed by atoms with Gasteiger partial charge < -0.3 is 14.4 Å². The number of fused-ring (bicyclic) bond motifs is 5. The van der Waals surface area contributed by atoms with Gasteiger partial charge in [-0.05, 0) is 111 Å². The predicted octanol–water partition coefficient (Wildman–Crippen LogP) is 7.74. The van der Waals surface area contributed by atoms with Gasteiger partial charge in [-0.3, -0.25) is 9.11 Å². The van der Waals surface area contributed by atoms with Gasteiger partial charge in [0.05, 0.1) is 13.2 Å². The second-order valence-electron chi connectivity index (χ2n) is 14.8. The van der Waals surface area contributed by atoms with Crippen molar-refractivity contribution in [3.05, 3.63) is 41.0 Å². The van der Waals surface area contributed by atoms with E-state index in [0.717, 1.165) is 70.4 Å². The Morgan fingerprint density at radius 3 is 2.50 bits per heavy atom. The molecule has 6 atom stereocenters. The van der Waals surface area contributed by atoms with Crippen molar-refractivity contribution < 1.29 is 40.4 Å². The maximum Gasteiger partial charge on any atom is 0.453 e. The van der Waals surface area contributed by atoms with E-state index in [1.807, 2.05) is 12.1 Å². The topological polar surface area (TPSA) is 59.1 Å². The monoisotopic (exact) mass is 700 g/mol. The molecule has 0 aromatic heterocycles. The number of carbonyl (C=O) groups excluding carboxylic acids is 1. The number of hydrogen-bond donors (Lipinski definition) is 0. The van der Waals surface area contributed by atoms with Crippen LogP contribution < -0.4 is 4.74 Å². The third-order valence-corrected chi connectivity index (χ3v) is 13.8. The number of likely N-dealkylation sites (tertiary alicyclic amines) is 1. The van der Waals surface area contributed by atoms with E-state index in [4.69, 9.17) is 9.47 Å². The lowest BCUT2D eigenvalue weighted by Gasteiger charge is -2.52. The van der Waals surface area contributed by atoms with Crippen LogP contribution in [0.3, 0.4) is 0 Å². The lowest BCUT2D eigenvalue weighted by atomic mass is 9.52. The Labute approximate surface area is 283 Å². The van der Waals surface area contributed by atoms with Crippen LogP contribution in [0.4, 0.5) is 26.7 Å². The van der Waals surface area contributed by atoms with Crippen LogP contribution in [0.2, 0.25) is 0 Å². The molecule has 1 amide bonds. The van der Waals surface area contributed by atoms with Gasteiger partial charge in [0.2, 0.25) is 0 Å². The molecule has 2 unspecified atom stereocenters. The molecule has 4 fully saturated rings. The number of ether oxygens (including phenoxy) is 2. The van der Waals surface area contributed by atoms with Crippen molar-refractivity contribution in [2.24, 2.45) is 23.2 Å². The zero-order chi connectivity index (χ0) is 34.3. The van der Waals surface area contributed by atoms with E-state index in [1.165, 1.54) is 11.1 Å². The van der Waals surface area contributed by atoms with Crippen LogP contribution >= 0.6 is 0 Å². The molecule has 2 saturated heterocycles. The molecular formula is C36H49F5N2O4S. The van der Waals surface area contributed by atoms with E-state index in [9.17, 15) is 31.0 Å². The van der Waals surface area contributed by atoms with Crippen LogP contribution in [-0.4, -0.2) is 89.1 Å². The minimum absolute atomic E-state index is 0.0162. The smallest absolute Gasteiger partial charge is 0.410 e. The van der Waals surface area contributed by atoms with Gasteiger partial charge in [-0.2, -0.15) is 22.0 Å². The van der Waals surface area contributed by atoms with Gasteiger partial charge >= 0.3 is 18.2 Å². The molecule has 3 aliphatic carbocycles. The third kappa shape index (κ3) is 7.22. The predicted molar refractivity (Wildman–Crippen MR) is 175 cm³/mol. The maximum atomic E-state index is 13.6. The summed E-state index contributed by atoms with van der Waals surface area (Å²) in [5.74, 6) is -3.41. The second kappa shape index (κ2) is 14.3. The second-order valence-corrected chi connectivity index (χ2v) is 16.4. The normalized spacial score (nSPS) is 31.6. The molecular weight excluding hydrogens is 651 g/mol. The summed E-state index contributed by atoms with van der Waals surface area (Å²) >= 11 is 0. The number of rotatable bonds is 8. The van der Waals surface area contributed by atoms with Crippen molar-refractivity contribution in [2.45, 2.75) is 95.7 Å². The van der Waals surface area contributed by atoms with Crippen LogP contribution in [0.1, 0.15) is 82.3 Å². The summed E-state index contributed by atoms with van der Waals surface area (Å²) in [4.78, 5) is 17.4. The van der Waals surface area contributed by atoms with E-state index in [1.54, 1.807) is 4.90 Å². The van der Waals surface area contributed by atoms with Crippen molar-refractivity contribution >= 4 is 16.9 Å². The fourth-order valence-electron chi connectivity index (χ4n) is 9.75. The number of allylic oxidation sites excluding steroid dienone is 2. The molecule has 48 heavy (non-hydrogen) atoms. The van der Waals surface area contributed by atoms with Crippen LogP contribution in [0.5, 0.6) is 5.75 Å². The number of halogens is 5. The van der Waals surface area contributed by atoms with Gasteiger partial charge in [0, 0.05) is 60.9 Å². The average Bonchev–Trinajstić information content (AvgIpc) is 3.40. The Hall–Kier alpha value is -2.05. The first-order valence-corrected chi connectivity index (χ1v) is 19.2. The Kier molecular flexibility index (Phi) is 10.6. The number of hydrogen-bond acceptors (Lipinski definition) is 5. The lowest BCUT2D eigenvalue weighted by molar-refractivity contribution is -0.284. The molecule has 2 saturated carbocycles. The van der Waals surface area contributed by atoms with Gasteiger partial charge in [-0.1, -0.05) is 24.6 Å². The highest BCUT2D eigenvalue weighted by Crippen LogP contribution is 2.64. The summed E-state index contributed by atoms with van der Waals surface area (Å²) < 4.78 is 89.9. The maximum absolute atomic E-state index is 13.6. The highest BCUT2D eigenvalue weighted by Gasteiger charge is 2.57. The molecule has 0 spiro atoms. The van der Waals surface area contributed by atoms with E-state index < -0.39 is 35.7 Å². The fraction of sp³-hybridized carbons (Fsp3) is 0.750. The highest BCUT2D eigenvalue weighted by atomic mass is 32.2. The van der Waals surface area contributed by atoms with E-state index in [-0.39, 0.29) is 40.8 Å². The third-order valence-electron chi connectivity index (χ3n) is 12.2. The Morgan fingerprint density at radius 2 is 1.81 bits per heavy atom. The first-order chi connectivity index (χ1) is 22.8. The number of piperidine rings is 1. The first-order valence-electron chi connectivity index (χ1n) is 17.7. The Morgan fingerprint density at radius 1 is 1.08 bits per heavy atom. The molecule has 5 aliphatic rings. The first kappa shape index (κ1) is 35.8. The molecule has 6 rings (SSSR count). The SMILES string of the molecule is C/C=C1\CC[C@H]2C3[C@H](CS(=O)CCCC(F)(F)C(F)(F)F)Cc4cc(OC(=O)N5CCC(N6CCOCC6)CC5)ccc4[C@H]3CC[C@]12C. The number of nitrogens with zero attached hydrogens (tertiary/aromatic N) is 2. The molecule has 268 valence electrons. The largest absolute Gasteiger partial charge is 0.453 e. The molecule has 0 N–H and O–H groups in total. The summed E-state index contributed by atoms with van der Waals surface area (Å²) in [6.07, 6.45) is 0.902. The highest BCUT2D eigenvalue weighted by molar-refractivity contribution is 7.84. The lowest BCUT2D eigenvalue weighted by Crippen LogP contribution is -2.50. The zero-order valence-electron chi connectivity index (χ0n) is 28.0. The molecule has 2 heterocycles. The average molecular weight is 701 g/mol. The number of alkyl halides is 5. The summed E-state index contributed by atoms with van der Waals surface area (Å²) in [7, 11) is -1.54. The standard InChI is InChI=1S/C36H49F5N2O4S/c1-3-26-5-8-31-32-25(23-48(45)20-4-12-35(37,38)36(39,40)41)21-24-22-28(6-7-29(24)30(32)9-13-34(26,31)2)47-33(44)43-14-10-27(11-15-43)42-16-18-46-19-17-42/h3,6-7,22,25,27,30-32H,4-5,8-21,23H2,1-2H3/b26-3+/t25-,30+,31-,32?,34+,48?/m0/s1. The Bertz CT molecular complexity index is 1370. The zero-order valence-corrected chi connectivity index (χ0v) is 28.9. The molecule has 6 nitrogen and oxygen atoms in total. The van der Waals surface area contributed by atoms with Crippen molar-refractivity contribution in [1.82, 2.24) is 9.80 Å². The van der Waals surface area contributed by atoms with Gasteiger partial charge in [0.1, 0.15) is 5.75 Å². The number of morpholine rings is 1. The van der Waals surface area contributed by atoms with Crippen LogP contribution in [0.25, 0.3) is 0 Å². The summed E-state index contributed by atoms with van der Waals surface area (Å²) in [5.41, 5.74) is 3.79. The van der Waals surface area contributed by atoms with E-state index in [0.29, 0.717) is 37.2 Å². The van der Waals surface area contributed by atoms with Crippen LogP contribution in [0.15, 0.2) is 29.8 Å². The van der Waals surface area contributed by atoms with Crippen molar-refractivity contribution in [3.63, 3.8) is 0 Å². The van der Waals surface area contributed by atoms with E-state index >= 15 is 0 Å². The minimum atomic E-state index is -5.60. The number of benzene rings is 1. The fourth-order valence-corrected chi connectivity index (χ4v) is 11.2.